The molecule has 0 spiro atoms. The predicted octanol–water partition coefficient (Wildman–Crippen LogP) is 4.07. The van der Waals surface area contributed by atoms with Gasteiger partial charge in [-0.05, 0) is 29.9 Å². The van der Waals surface area contributed by atoms with Gasteiger partial charge in [0, 0.05) is 18.4 Å². The van der Waals surface area contributed by atoms with Crippen molar-refractivity contribution in [2.24, 2.45) is 11.1 Å². The molecule has 2 N–H and O–H groups in total. The number of alkyl halides is 3. The van der Waals surface area contributed by atoms with Gasteiger partial charge in [0.2, 0.25) is 0 Å². The van der Waals surface area contributed by atoms with E-state index in [-0.39, 0.29) is 11.0 Å². The third kappa shape index (κ3) is 2.91. The molecule has 0 aliphatic heterocycles. The summed E-state index contributed by atoms with van der Waals surface area (Å²) in [6.07, 6.45) is 3.02. The van der Waals surface area contributed by atoms with E-state index in [0.717, 1.165) is 38.2 Å². The molecular weight excluding hydrogens is 253 g/mol. The molecule has 2 nitrogen and oxygen atoms in total. The largest absolute Gasteiger partial charge is 0.416 e. The minimum atomic E-state index is -4.37. The average molecular weight is 272 g/mol. The van der Waals surface area contributed by atoms with Crippen molar-refractivity contribution in [1.82, 2.24) is 4.98 Å². The second-order valence-corrected chi connectivity index (χ2v) is 5.65. The van der Waals surface area contributed by atoms with E-state index < -0.39 is 17.8 Å². The Kier molecular flexibility index (Phi) is 3.85. The number of hydrogen-bond donors (Lipinski definition) is 1. The van der Waals surface area contributed by atoms with E-state index in [1.165, 1.54) is 12.4 Å². The van der Waals surface area contributed by atoms with Gasteiger partial charge >= 0.3 is 6.18 Å². The van der Waals surface area contributed by atoms with E-state index in [9.17, 15) is 13.2 Å². The van der Waals surface area contributed by atoms with E-state index >= 15 is 0 Å². The Bertz CT molecular complexity index is 437. The highest BCUT2D eigenvalue weighted by Crippen LogP contribution is 2.46. The monoisotopic (exact) mass is 272 g/mol. The number of nitrogens with zero attached hydrogens (tertiary/aromatic N) is 1. The van der Waals surface area contributed by atoms with E-state index in [1.807, 2.05) is 6.92 Å². The average Bonchev–Trinajstić information content (AvgIpc) is 2.38. The SMILES string of the molecule is CC1(C(N)c2cnccc2C(F)(F)F)CCCCC1. The summed E-state index contributed by atoms with van der Waals surface area (Å²) in [4.78, 5) is 3.83. The lowest BCUT2D eigenvalue weighted by Crippen LogP contribution is -2.35. The first-order valence-corrected chi connectivity index (χ1v) is 6.61. The van der Waals surface area contributed by atoms with Crippen LogP contribution >= 0.6 is 0 Å². The number of rotatable bonds is 2. The molecule has 1 heterocycles. The van der Waals surface area contributed by atoms with Crippen LogP contribution in [0.2, 0.25) is 0 Å². The molecule has 19 heavy (non-hydrogen) atoms. The van der Waals surface area contributed by atoms with Crippen molar-refractivity contribution in [3.05, 3.63) is 29.6 Å². The number of aromatic nitrogens is 1. The van der Waals surface area contributed by atoms with Crippen LogP contribution in [0.5, 0.6) is 0 Å². The summed E-state index contributed by atoms with van der Waals surface area (Å²) < 4.78 is 39.1. The van der Waals surface area contributed by atoms with Crippen LogP contribution in [0, 0.1) is 5.41 Å². The van der Waals surface area contributed by atoms with Crippen LogP contribution in [0.25, 0.3) is 0 Å². The molecule has 0 saturated heterocycles. The molecule has 5 heteroatoms. The molecule has 0 aromatic carbocycles. The molecule has 2 rings (SSSR count). The molecule has 1 atom stereocenters. The van der Waals surface area contributed by atoms with Crippen molar-refractivity contribution in [3.63, 3.8) is 0 Å². The van der Waals surface area contributed by atoms with Gasteiger partial charge in [-0.3, -0.25) is 4.98 Å². The molecule has 1 aromatic heterocycles. The van der Waals surface area contributed by atoms with Crippen LogP contribution < -0.4 is 5.73 Å². The second-order valence-electron chi connectivity index (χ2n) is 5.65. The summed E-state index contributed by atoms with van der Waals surface area (Å²) in [5.41, 5.74) is 5.37. The van der Waals surface area contributed by atoms with Crippen LogP contribution in [0.3, 0.4) is 0 Å². The topological polar surface area (TPSA) is 38.9 Å². The van der Waals surface area contributed by atoms with Crippen molar-refractivity contribution in [2.75, 3.05) is 0 Å². The molecule has 0 bridgehead atoms. The standard InChI is InChI=1S/C14H19F3N2/c1-13(6-3-2-4-7-13)12(18)10-9-19-8-5-11(10)14(15,16)17/h5,8-9,12H,2-4,6-7,18H2,1H3. The highest BCUT2D eigenvalue weighted by Gasteiger charge is 2.40. The predicted molar refractivity (Wildman–Crippen MR) is 67.4 cm³/mol. The quantitative estimate of drug-likeness (QED) is 0.881. The smallest absolute Gasteiger partial charge is 0.323 e. The lowest BCUT2D eigenvalue weighted by atomic mass is 9.68. The minimum absolute atomic E-state index is 0.124. The summed E-state index contributed by atoms with van der Waals surface area (Å²) in [7, 11) is 0. The molecule has 1 unspecified atom stereocenters. The van der Waals surface area contributed by atoms with Crippen LogP contribution in [-0.2, 0) is 6.18 Å². The lowest BCUT2D eigenvalue weighted by Gasteiger charge is -2.39. The molecule has 1 aliphatic rings. The van der Waals surface area contributed by atoms with Crippen molar-refractivity contribution in [3.8, 4) is 0 Å². The first-order chi connectivity index (χ1) is 8.84. The van der Waals surface area contributed by atoms with Gasteiger partial charge in [0.25, 0.3) is 0 Å². The minimum Gasteiger partial charge on any atom is -0.323 e. The fraction of sp³-hybridized carbons (Fsp3) is 0.643. The van der Waals surface area contributed by atoms with E-state index in [0.29, 0.717) is 0 Å². The Morgan fingerprint density at radius 2 is 1.89 bits per heavy atom. The first-order valence-electron chi connectivity index (χ1n) is 6.61. The van der Waals surface area contributed by atoms with Crippen LogP contribution in [0.4, 0.5) is 13.2 Å². The summed E-state index contributed by atoms with van der Waals surface area (Å²) in [6.45, 7) is 1.99. The molecule has 0 amide bonds. The van der Waals surface area contributed by atoms with Gasteiger partial charge in [0.15, 0.2) is 0 Å². The zero-order valence-electron chi connectivity index (χ0n) is 11.0. The van der Waals surface area contributed by atoms with Crippen molar-refractivity contribution in [2.45, 2.75) is 51.2 Å². The van der Waals surface area contributed by atoms with E-state index in [4.69, 9.17) is 5.73 Å². The van der Waals surface area contributed by atoms with Gasteiger partial charge < -0.3 is 5.73 Å². The number of hydrogen-bond acceptors (Lipinski definition) is 2. The van der Waals surface area contributed by atoms with Crippen molar-refractivity contribution in [1.29, 1.82) is 0 Å². The number of nitrogens with two attached hydrogens (primary N) is 1. The zero-order chi connectivity index (χ0) is 14.1. The van der Waals surface area contributed by atoms with Gasteiger partial charge in [-0.15, -0.1) is 0 Å². The summed E-state index contributed by atoms with van der Waals surface area (Å²) >= 11 is 0. The first kappa shape index (κ1) is 14.3. The van der Waals surface area contributed by atoms with Gasteiger partial charge in [-0.1, -0.05) is 26.2 Å². The van der Waals surface area contributed by atoms with Gasteiger partial charge in [0.1, 0.15) is 0 Å². The Morgan fingerprint density at radius 1 is 1.26 bits per heavy atom. The number of pyridine rings is 1. The molecule has 1 aliphatic carbocycles. The maximum atomic E-state index is 13.0. The maximum Gasteiger partial charge on any atom is 0.416 e. The molecule has 106 valence electrons. The fourth-order valence-corrected chi connectivity index (χ4v) is 2.96. The highest BCUT2D eigenvalue weighted by atomic mass is 19.4. The molecule has 1 fully saturated rings. The van der Waals surface area contributed by atoms with Gasteiger partial charge in [-0.25, -0.2) is 0 Å². The Hall–Kier alpha value is -1.10. The van der Waals surface area contributed by atoms with Gasteiger partial charge in [-0.2, -0.15) is 13.2 Å². The molecule has 1 aromatic rings. The maximum absolute atomic E-state index is 13.0. The summed E-state index contributed by atoms with van der Waals surface area (Å²) in [5.74, 6) is 0. The Morgan fingerprint density at radius 3 is 2.47 bits per heavy atom. The molecule has 0 radical (unpaired) electrons. The summed E-state index contributed by atoms with van der Waals surface area (Å²) in [6, 6.07) is 0.402. The Balaban J connectivity index is 2.36. The van der Waals surface area contributed by atoms with Crippen molar-refractivity contribution < 1.29 is 13.2 Å². The Labute approximate surface area is 111 Å². The van der Waals surface area contributed by atoms with Crippen LogP contribution in [0.15, 0.2) is 18.5 Å². The third-order valence-electron chi connectivity index (χ3n) is 4.24. The van der Waals surface area contributed by atoms with Crippen LogP contribution in [0.1, 0.15) is 56.2 Å². The zero-order valence-corrected chi connectivity index (χ0v) is 11.0. The molecule has 1 saturated carbocycles. The molecular formula is C14H19F3N2. The lowest BCUT2D eigenvalue weighted by molar-refractivity contribution is -0.138. The summed E-state index contributed by atoms with van der Waals surface area (Å²) in [5, 5.41) is 0. The number of halogens is 3. The van der Waals surface area contributed by atoms with E-state index in [2.05, 4.69) is 4.98 Å². The third-order valence-corrected chi connectivity index (χ3v) is 4.24. The van der Waals surface area contributed by atoms with Crippen molar-refractivity contribution >= 4 is 0 Å². The van der Waals surface area contributed by atoms with E-state index in [1.54, 1.807) is 0 Å². The van der Waals surface area contributed by atoms with Crippen LogP contribution in [-0.4, -0.2) is 4.98 Å². The highest BCUT2D eigenvalue weighted by molar-refractivity contribution is 5.30. The second kappa shape index (κ2) is 5.12. The fourth-order valence-electron chi connectivity index (χ4n) is 2.96. The van der Waals surface area contributed by atoms with Gasteiger partial charge in [0.05, 0.1) is 5.56 Å². The normalized spacial score (nSPS) is 21.1.